The van der Waals surface area contributed by atoms with Gasteiger partial charge in [0.05, 0.1) is 0 Å². The molecule has 4 aromatic rings. The second-order valence-corrected chi connectivity index (χ2v) is 12.9. The number of anilines is 1. The molecule has 2 aromatic heterocycles. The van der Waals surface area contributed by atoms with Crippen LogP contribution < -0.4 is 10.5 Å². The Morgan fingerprint density at radius 1 is 0.953 bits per heavy atom. The number of nitrogens with two attached hydrogens (primary N) is 1. The van der Waals surface area contributed by atoms with Crippen molar-refractivity contribution in [1.29, 1.82) is 0 Å². The molecule has 1 aliphatic carbocycles. The third-order valence-corrected chi connectivity index (χ3v) is 8.67. The summed E-state index contributed by atoms with van der Waals surface area (Å²) in [7, 11) is 0. The van der Waals surface area contributed by atoms with E-state index in [1.165, 1.54) is 5.69 Å². The van der Waals surface area contributed by atoms with Crippen molar-refractivity contribution >= 4 is 17.4 Å². The molecule has 9 heteroatoms. The molecule has 2 fully saturated rings. The van der Waals surface area contributed by atoms with Gasteiger partial charge in [0, 0.05) is 48.9 Å². The van der Waals surface area contributed by atoms with Crippen molar-refractivity contribution in [3.8, 4) is 22.6 Å². The summed E-state index contributed by atoms with van der Waals surface area (Å²) in [6.07, 6.45) is 5.70. The van der Waals surface area contributed by atoms with Gasteiger partial charge in [0.2, 0.25) is 0 Å². The molecule has 0 bridgehead atoms. The summed E-state index contributed by atoms with van der Waals surface area (Å²) < 4.78 is 13.6. The van der Waals surface area contributed by atoms with Crippen molar-refractivity contribution in [2.45, 2.75) is 77.0 Å². The van der Waals surface area contributed by atoms with Crippen LogP contribution in [0.4, 0.5) is 10.6 Å². The van der Waals surface area contributed by atoms with Crippen LogP contribution in [-0.4, -0.2) is 67.8 Å². The van der Waals surface area contributed by atoms with Gasteiger partial charge in [-0.2, -0.15) is 5.10 Å². The second-order valence-electron chi connectivity index (χ2n) is 12.9. The predicted molar refractivity (Wildman–Crippen MR) is 168 cm³/mol. The molecule has 0 spiro atoms. The third kappa shape index (κ3) is 6.32. The number of nitrogen functional groups attached to an aromatic ring is 1. The van der Waals surface area contributed by atoms with Gasteiger partial charge in [-0.3, -0.25) is 4.90 Å². The summed E-state index contributed by atoms with van der Waals surface area (Å²) in [6, 6.07) is 20.8. The third-order valence-electron chi connectivity index (χ3n) is 8.67. The van der Waals surface area contributed by atoms with Crippen LogP contribution in [0.5, 0.6) is 11.5 Å². The number of aromatic nitrogens is 3. The van der Waals surface area contributed by atoms with E-state index >= 15 is 0 Å². The normalized spacial score (nSPS) is 21.6. The summed E-state index contributed by atoms with van der Waals surface area (Å²) in [6.45, 7) is 10.3. The Hall–Kier alpha value is -4.11. The van der Waals surface area contributed by atoms with Gasteiger partial charge in [0.15, 0.2) is 5.82 Å². The van der Waals surface area contributed by atoms with Crippen LogP contribution in [0, 0.1) is 0 Å². The number of nitrogens with zero attached hydrogens (tertiary/aromatic N) is 5. The fraction of sp³-hybridized carbons (Fsp3) is 0.441. The van der Waals surface area contributed by atoms with Crippen LogP contribution in [0.2, 0.25) is 0 Å². The number of para-hydroxylation sites is 1. The van der Waals surface area contributed by atoms with Crippen molar-refractivity contribution in [3.05, 3.63) is 72.7 Å². The summed E-state index contributed by atoms with van der Waals surface area (Å²) >= 11 is 0. The van der Waals surface area contributed by atoms with Gasteiger partial charge in [-0.1, -0.05) is 30.3 Å². The number of piperazine rings is 1. The summed E-state index contributed by atoms with van der Waals surface area (Å²) in [5, 5.41) is 4.65. The van der Waals surface area contributed by atoms with Crippen molar-refractivity contribution in [1.82, 2.24) is 24.4 Å². The van der Waals surface area contributed by atoms with E-state index in [-0.39, 0.29) is 12.1 Å². The molecule has 226 valence electrons. The first-order valence-corrected chi connectivity index (χ1v) is 15.4. The second kappa shape index (κ2) is 11.9. The van der Waals surface area contributed by atoms with Crippen LogP contribution in [0.25, 0.3) is 16.6 Å². The Morgan fingerprint density at radius 3 is 2.33 bits per heavy atom. The summed E-state index contributed by atoms with van der Waals surface area (Å²) in [5.74, 6) is 2.45. The lowest BCUT2D eigenvalue weighted by atomic mass is 9.83. The van der Waals surface area contributed by atoms with Gasteiger partial charge >= 0.3 is 6.09 Å². The number of ether oxygens (including phenoxy) is 2. The van der Waals surface area contributed by atoms with Crippen molar-refractivity contribution in [2.75, 3.05) is 25.4 Å². The minimum Gasteiger partial charge on any atom is -0.457 e. The number of hydrogen-bond acceptors (Lipinski definition) is 7. The molecule has 0 unspecified atom stereocenters. The Balaban J connectivity index is 1.14. The maximum atomic E-state index is 12.7. The number of amides is 1. The monoisotopic (exact) mass is 582 g/mol. The van der Waals surface area contributed by atoms with Crippen LogP contribution in [0.3, 0.4) is 0 Å². The molecule has 9 nitrogen and oxygen atoms in total. The van der Waals surface area contributed by atoms with E-state index < -0.39 is 5.60 Å². The van der Waals surface area contributed by atoms with Gasteiger partial charge in [0.25, 0.3) is 0 Å². The van der Waals surface area contributed by atoms with Crippen molar-refractivity contribution in [3.63, 3.8) is 0 Å². The Bertz CT molecular complexity index is 1560. The molecule has 43 heavy (non-hydrogen) atoms. The highest BCUT2D eigenvalue weighted by molar-refractivity contribution is 5.88. The molecule has 2 aromatic carbocycles. The molecule has 1 aliphatic heterocycles. The van der Waals surface area contributed by atoms with E-state index in [9.17, 15) is 4.79 Å². The van der Waals surface area contributed by atoms with Crippen LogP contribution in [-0.2, 0) is 4.74 Å². The smallest absolute Gasteiger partial charge is 0.410 e. The highest BCUT2D eigenvalue weighted by Crippen LogP contribution is 2.40. The van der Waals surface area contributed by atoms with Gasteiger partial charge < -0.3 is 20.1 Å². The Morgan fingerprint density at radius 2 is 1.65 bits per heavy atom. The lowest BCUT2D eigenvalue weighted by molar-refractivity contribution is -0.00755. The molecule has 3 heterocycles. The molecule has 1 saturated heterocycles. The number of benzene rings is 2. The molecule has 1 saturated carbocycles. The maximum absolute atomic E-state index is 12.7. The SMILES string of the molecule is C[C@H]1CN(C2CCC(c3cc(-c4ccc(Oc5ccccc5)cc4)c4c(N)ncnn34)CC2)CCN1C(=O)OC(C)(C)C. The summed E-state index contributed by atoms with van der Waals surface area (Å²) in [4.78, 5) is 21.5. The lowest BCUT2D eigenvalue weighted by Crippen LogP contribution is -2.57. The molecule has 1 amide bonds. The average Bonchev–Trinajstić information content (AvgIpc) is 3.38. The van der Waals surface area contributed by atoms with Crippen LogP contribution in [0.15, 0.2) is 67.0 Å². The van der Waals surface area contributed by atoms with E-state index in [4.69, 9.17) is 15.2 Å². The average molecular weight is 583 g/mol. The first-order valence-electron chi connectivity index (χ1n) is 15.4. The molecular weight excluding hydrogens is 540 g/mol. The summed E-state index contributed by atoms with van der Waals surface area (Å²) in [5.41, 5.74) is 10.1. The van der Waals surface area contributed by atoms with Crippen molar-refractivity contribution < 1.29 is 14.3 Å². The minimum absolute atomic E-state index is 0.127. The topological polar surface area (TPSA) is 98.2 Å². The molecule has 2 aliphatic rings. The Kier molecular flexibility index (Phi) is 8.01. The fourth-order valence-electron chi connectivity index (χ4n) is 6.58. The van der Waals surface area contributed by atoms with Crippen LogP contribution in [0.1, 0.15) is 65.0 Å². The van der Waals surface area contributed by atoms with E-state index in [1.54, 1.807) is 6.33 Å². The number of rotatable bonds is 5. The van der Waals surface area contributed by atoms with E-state index in [1.807, 2.05) is 72.7 Å². The zero-order chi connectivity index (χ0) is 30.1. The zero-order valence-corrected chi connectivity index (χ0v) is 25.6. The molecule has 0 radical (unpaired) electrons. The van der Waals surface area contributed by atoms with E-state index in [2.05, 4.69) is 40.1 Å². The van der Waals surface area contributed by atoms with Gasteiger partial charge in [-0.25, -0.2) is 14.3 Å². The standard InChI is InChI=1S/C34H42N6O3/c1-23-21-38(18-19-39(23)33(41)43-34(2,3)4)26-14-10-25(11-15-26)30-20-29(31-32(35)36-22-37-40(30)31)24-12-16-28(17-13-24)42-27-8-6-5-7-9-27/h5-9,12-13,16-17,20,22-23,25-26H,10-11,14-15,18-19,21H2,1-4H3,(H2,35,36,37)/t23-,25?,26?/m0/s1. The van der Waals surface area contributed by atoms with Crippen LogP contribution >= 0.6 is 0 Å². The van der Waals surface area contributed by atoms with Gasteiger partial charge in [0.1, 0.15) is 28.9 Å². The maximum Gasteiger partial charge on any atom is 0.410 e. The highest BCUT2D eigenvalue weighted by atomic mass is 16.6. The lowest BCUT2D eigenvalue weighted by Gasteiger charge is -2.45. The first-order chi connectivity index (χ1) is 20.7. The number of carbonyl (C=O) groups is 1. The quantitative estimate of drug-likeness (QED) is 0.278. The largest absolute Gasteiger partial charge is 0.457 e. The minimum atomic E-state index is -0.481. The first kappa shape index (κ1) is 29.0. The van der Waals surface area contributed by atoms with Gasteiger partial charge in [-0.15, -0.1) is 0 Å². The number of carbonyl (C=O) groups excluding carboxylic acids is 1. The highest BCUT2D eigenvalue weighted by Gasteiger charge is 2.35. The van der Waals surface area contributed by atoms with Gasteiger partial charge in [-0.05, 0) is 89.3 Å². The Labute approximate surface area is 253 Å². The fourth-order valence-corrected chi connectivity index (χ4v) is 6.58. The molecule has 6 rings (SSSR count). The molecule has 1 atom stereocenters. The predicted octanol–water partition coefficient (Wildman–Crippen LogP) is 6.74. The molecular formula is C34H42N6O3. The van der Waals surface area contributed by atoms with E-state index in [0.717, 1.165) is 66.9 Å². The number of hydrogen-bond donors (Lipinski definition) is 1. The number of fused-ring (bicyclic) bond motifs is 1. The molecule has 2 N–H and O–H groups in total. The zero-order valence-electron chi connectivity index (χ0n) is 25.6. The van der Waals surface area contributed by atoms with E-state index in [0.29, 0.717) is 24.3 Å². The van der Waals surface area contributed by atoms with Crippen molar-refractivity contribution in [2.24, 2.45) is 0 Å².